The van der Waals surface area contributed by atoms with Crippen LogP contribution in [0.3, 0.4) is 0 Å². The van der Waals surface area contributed by atoms with Crippen molar-refractivity contribution in [3.05, 3.63) is 99.5 Å². The number of hydrogen-bond acceptors (Lipinski definition) is 5. The summed E-state index contributed by atoms with van der Waals surface area (Å²) >= 11 is 0. The van der Waals surface area contributed by atoms with Crippen molar-refractivity contribution >= 4 is 16.9 Å². The highest BCUT2D eigenvalue weighted by atomic mass is 19.1. The van der Waals surface area contributed by atoms with E-state index in [9.17, 15) is 19.1 Å². The molecule has 1 saturated heterocycles. The number of likely N-dealkylation sites (tertiary alicyclic amines) is 1. The summed E-state index contributed by atoms with van der Waals surface area (Å²) in [6.45, 7) is 7.58. The zero-order chi connectivity index (χ0) is 27.7. The summed E-state index contributed by atoms with van der Waals surface area (Å²) in [6.07, 6.45) is 2.83. The topological polar surface area (TPSA) is 103 Å². The lowest BCUT2D eigenvalue weighted by molar-refractivity contribution is -0.121. The number of fused-ring (bicyclic) bond motifs is 1. The first-order valence-electron chi connectivity index (χ1n) is 13.2. The van der Waals surface area contributed by atoms with E-state index in [4.69, 9.17) is 0 Å². The number of hydrogen-bond donors (Lipinski definition) is 3. The molecule has 0 radical (unpaired) electrons. The zero-order valence-electron chi connectivity index (χ0n) is 22.4. The molecule has 3 aromatic heterocycles. The zero-order valence-corrected chi connectivity index (χ0v) is 22.4. The van der Waals surface area contributed by atoms with Gasteiger partial charge >= 0.3 is 0 Å². The van der Waals surface area contributed by atoms with Gasteiger partial charge in [-0.1, -0.05) is 30.3 Å². The fraction of sp³-hybridized carbons (Fsp3) is 0.367. The molecule has 1 aromatic carbocycles. The molecule has 0 bridgehead atoms. The van der Waals surface area contributed by atoms with Crippen LogP contribution in [0.2, 0.25) is 0 Å². The molecule has 39 heavy (non-hydrogen) atoms. The van der Waals surface area contributed by atoms with Crippen LogP contribution < -0.4 is 10.9 Å². The van der Waals surface area contributed by atoms with Gasteiger partial charge < -0.3 is 20.0 Å². The van der Waals surface area contributed by atoms with Crippen LogP contribution in [0.1, 0.15) is 48.1 Å². The van der Waals surface area contributed by atoms with E-state index >= 15 is 0 Å². The Kier molecular flexibility index (Phi) is 7.38. The molecule has 0 unspecified atom stereocenters. The van der Waals surface area contributed by atoms with Gasteiger partial charge in [-0.3, -0.25) is 14.5 Å². The second kappa shape index (κ2) is 10.7. The summed E-state index contributed by atoms with van der Waals surface area (Å²) in [7, 11) is 0. The number of halogens is 1. The van der Waals surface area contributed by atoms with E-state index in [0.717, 1.165) is 18.7 Å². The van der Waals surface area contributed by atoms with Gasteiger partial charge in [0.25, 0.3) is 5.56 Å². The Morgan fingerprint density at radius 3 is 2.56 bits per heavy atom. The van der Waals surface area contributed by atoms with Crippen LogP contribution >= 0.6 is 0 Å². The van der Waals surface area contributed by atoms with Crippen LogP contribution in [0, 0.1) is 12.7 Å². The van der Waals surface area contributed by atoms with Crippen molar-refractivity contribution in [1.82, 2.24) is 24.8 Å². The molecule has 1 aliphatic heterocycles. The van der Waals surface area contributed by atoms with Crippen LogP contribution in [0.25, 0.3) is 11.0 Å². The first-order valence-corrected chi connectivity index (χ1v) is 13.2. The molecular formula is C30H34FN5O3. The maximum absolute atomic E-state index is 13.9. The molecule has 4 aromatic rings. The quantitative estimate of drug-likeness (QED) is 0.323. The number of carbonyl (C=O) groups excluding carboxylic acids is 1. The Labute approximate surface area is 226 Å². The van der Waals surface area contributed by atoms with Crippen LogP contribution in [-0.2, 0) is 17.9 Å². The van der Waals surface area contributed by atoms with Crippen LogP contribution in [-0.4, -0.2) is 55.7 Å². The minimum atomic E-state index is -0.819. The molecule has 3 N–H and O–H groups in total. The van der Waals surface area contributed by atoms with E-state index in [1.165, 1.54) is 16.3 Å². The molecule has 2 atom stereocenters. The molecule has 1 fully saturated rings. The Bertz CT molecular complexity index is 1540. The standard InChI is InChI=1S/C30H34FN5O3/c1-19-9-22(25-16-35(18-30(2,3)39)15-24(25)21-7-5-4-6-8-21)11-28(38)36(19)17-27(37)32-12-20-10-23-26(31)14-34-29(23)33-13-20/h4-11,13-14,24-25,39H,12,15-18H2,1-3H3,(H,32,37)(H,33,34)/t24-,25+/m0/s1. The number of rotatable bonds is 8. The number of amides is 1. The third kappa shape index (κ3) is 6.10. The summed E-state index contributed by atoms with van der Waals surface area (Å²) in [5.41, 5.74) is 2.91. The lowest BCUT2D eigenvalue weighted by Crippen LogP contribution is -2.37. The number of aromatic amines is 1. The minimum absolute atomic E-state index is 0.0841. The summed E-state index contributed by atoms with van der Waals surface area (Å²) in [4.78, 5) is 35.1. The highest BCUT2D eigenvalue weighted by Gasteiger charge is 2.37. The van der Waals surface area contributed by atoms with Gasteiger partial charge in [0.15, 0.2) is 0 Å². The number of nitrogens with one attached hydrogen (secondary N) is 2. The van der Waals surface area contributed by atoms with Gasteiger partial charge in [0, 0.05) is 62.2 Å². The first kappa shape index (κ1) is 26.8. The molecule has 0 spiro atoms. The highest BCUT2D eigenvalue weighted by Crippen LogP contribution is 2.40. The van der Waals surface area contributed by atoms with Crippen LogP contribution in [0.4, 0.5) is 4.39 Å². The van der Waals surface area contributed by atoms with Crippen molar-refractivity contribution < 1.29 is 14.3 Å². The molecule has 5 rings (SSSR count). The van der Waals surface area contributed by atoms with Crippen molar-refractivity contribution in [2.45, 2.75) is 51.3 Å². The second-order valence-corrected chi connectivity index (χ2v) is 11.1. The first-order chi connectivity index (χ1) is 18.6. The molecule has 0 aliphatic carbocycles. The molecule has 4 heterocycles. The Balaban J connectivity index is 1.31. The van der Waals surface area contributed by atoms with Gasteiger partial charge in [0.05, 0.1) is 11.0 Å². The number of β-amino-alcohol motifs (C(OH)–C–C–N with tert-alkyl or cyclic N) is 1. The van der Waals surface area contributed by atoms with Crippen LogP contribution in [0.5, 0.6) is 0 Å². The number of nitrogens with zero attached hydrogens (tertiary/aromatic N) is 3. The average Bonchev–Trinajstić information content (AvgIpc) is 3.47. The van der Waals surface area contributed by atoms with E-state index in [1.54, 1.807) is 18.3 Å². The van der Waals surface area contributed by atoms with Crippen molar-refractivity contribution in [3.63, 3.8) is 0 Å². The predicted molar refractivity (Wildman–Crippen MR) is 148 cm³/mol. The van der Waals surface area contributed by atoms with E-state index in [-0.39, 0.29) is 36.4 Å². The van der Waals surface area contributed by atoms with Gasteiger partial charge in [-0.05, 0) is 49.6 Å². The molecule has 8 nitrogen and oxygen atoms in total. The molecule has 204 valence electrons. The predicted octanol–water partition coefficient (Wildman–Crippen LogP) is 3.44. The maximum Gasteiger partial charge on any atom is 0.251 e. The minimum Gasteiger partial charge on any atom is -0.389 e. The second-order valence-electron chi connectivity index (χ2n) is 11.1. The molecular weight excluding hydrogens is 497 g/mol. The Hall–Kier alpha value is -3.82. The van der Waals surface area contributed by atoms with Gasteiger partial charge in [-0.15, -0.1) is 0 Å². The van der Waals surface area contributed by atoms with E-state index in [2.05, 4.69) is 32.3 Å². The van der Waals surface area contributed by atoms with E-state index < -0.39 is 11.4 Å². The number of benzene rings is 1. The number of pyridine rings is 2. The summed E-state index contributed by atoms with van der Waals surface area (Å²) in [5.74, 6) is -0.446. The summed E-state index contributed by atoms with van der Waals surface area (Å²) in [5, 5.41) is 13.6. The monoisotopic (exact) mass is 531 g/mol. The van der Waals surface area contributed by atoms with Gasteiger partial charge in [0.1, 0.15) is 18.0 Å². The Morgan fingerprint density at radius 2 is 1.87 bits per heavy atom. The van der Waals surface area contributed by atoms with Gasteiger partial charge in [-0.2, -0.15) is 0 Å². The Morgan fingerprint density at radius 1 is 1.15 bits per heavy atom. The van der Waals surface area contributed by atoms with E-state index in [0.29, 0.717) is 28.8 Å². The number of aliphatic hydroxyl groups is 1. The lowest BCUT2D eigenvalue weighted by atomic mass is 9.84. The molecule has 9 heteroatoms. The number of aromatic nitrogens is 3. The van der Waals surface area contributed by atoms with Crippen molar-refractivity contribution in [3.8, 4) is 0 Å². The van der Waals surface area contributed by atoms with E-state index in [1.807, 2.05) is 45.0 Å². The maximum atomic E-state index is 13.9. The highest BCUT2D eigenvalue weighted by molar-refractivity contribution is 5.78. The van der Waals surface area contributed by atoms with Gasteiger partial charge in [0.2, 0.25) is 5.91 Å². The molecule has 1 amide bonds. The smallest absolute Gasteiger partial charge is 0.251 e. The number of H-pyrrole nitrogens is 1. The molecule has 0 saturated carbocycles. The van der Waals surface area contributed by atoms with Crippen molar-refractivity contribution in [2.75, 3.05) is 19.6 Å². The van der Waals surface area contributed by atoms with Crippen molar-refractivity contribution in [2.24, 2.45) is 0 Å². The molecule has 1 aliphatic rings. The SMILES string of the molecule is Cc1cc([C@H]2CN(CC(C)(C)O)C[C@H]2c2ccccc2)cc(=O)n1CC(=O)NCc1cnc2[nH]cc(F)c2c1. The fourth-order valence-electron chi connectivity index (χ4n) is 5.62. The fourth-order valence-corrected chi connectivity index (χ4v) is 5.62. The summed E-state index contributed by atoms with van der Waals surface area (Å²) < 4.78 is 15.3. The number of carbonyl (C=O) groups is 1. The third-order valence-electron chi connectivity index (χ3n) is 7.35. The number of aryl methyl sites for hydroxylation is 1. The van der Waals surface area contributed by atoms with Gasteiger partial charge in [-0.25, -0.2) is 9.37 Å². The summed E-state index contributed by atoms with van der Waals surface area (Å²) in [6, 6.07) is 15.5. The lowest BCUT2D eigenvalue weighted by Gasteiger charge is -2.25. The van der Waals surface area contributed by atoms with Crippen molar-refractivity contribution in [1.29, 1.82) is 0 Å². The van der Waals surface area contributed by atoms with Crippen LogP contribution in [0.15, 0.2) is 65.7 Å². The average molecular weight is 532 g/mol. The third-order valence-corrected chi connectivity index (χ3v) is 7.35. The largest absolute Gasteiger partial charge is 0.389 e. The normalized spacial score (nSPS) is 18.1.